The van der Waals surface area contributed by atoms with Crippen LogP contribution in [-0.4, -0.2) is 31.4 Å². The molecule has 0 amide bonds. The van der Waals surface area contributed by atoms with E-state index in [0.29, 0.717) is 19.1 Å². The van der Waals surface area contributed by atoms with Crippen molar-refractivity contribution in [2.45, 2.75) is 60.7 Å². The van der Waals surface area contributed by atoms with Crippen LogP contribution in [0.3, 0.4) is 0 Å². The van der Waals surface area contributed by atoms with Gasteiger partial charge in [-0.3, -0.25) is 9.59 Å². The molecule has 0 aliphatic rings. The van der Waals surface area contributed by atoms with Crippen LogP contribution in [0, 0.1) is 17.8 Å². The standard InChI is InChI=1S/C18H33NO5/c1-7-22-18(16(9-13(4)5)23-14(6)20)24-17(21)10-15(11-19)8-12(2)3/h9,12-13,15,18H,7-8,10-11,19H2,1-6H3. The summed E-state index contributed by atoms with van der Waals surface area (Å²) in [6.07, 6.45) is 1.76. The normalized spacial score (nSPS) is 14.6. The Kier molecular flexibility index (Phi) is 11.3. The zero-order valence-electron chi connectivity index (χ0n) is 15.8. The van der Waals surface area contributed by atoms with Gasteiger partial charge >= 0.3 is 11.9 Å². The van der Waals surface area contributed by atoms with E-state index in [2.05, 4.69) is 13.8 Å². The van der Waals surface area contributed by atoms with Gasteiger partial charge in [0.25, 0.3) is 6.29 Å². The van der Waals surface area contributed by atoms with Crippen LogP contribution in [0.2, 0.25) is 0 Å². The fourth-order valence-corrected chi connectivity index (χ4v) is 2.31. The van der Waals surface area contributed by atoms with Crippen molar-refractivity contribution in [3.8, 4) is 0 Å². The number of esters is 2. The van der Waals surface area contributed by atoms with Crippen molar-refractivity contribution in [2.75, 3.05) is 13.2 Å². The molecule has 0 bridgehead atoms. The number of ether oxygens (including phenoxy) is 3. The van der Waals surface area contributed by atoms with Gasteiger partial charge in [-0.15, -0.1) is 0 Å². The number of nitrogens with two attached hydrogens (primary N) is 1. The molecule has 0 heterocycles. The first-order valence-electron chi connectivity index (χ1n) is 8.60. The monoisotopic (exact) mass is 343 g/mol. The van der Waals surface area contributed by atoms with Crippen LogP contribution in [0.15, 0.2) is 11.8 Å². The van der Waals surface area contributed by atoms with Crippen LogP contribution in [0.25, 0.3) is 0 Å². The van der Waals surface area contributed by atoms with Crippen molar-refractivity contribution in [3.05, 3.63) is 11.8 Å². The Balaban J connectivity index is 5.01. The molecule has 0 aliphatic heterocycles. The lowest BCUT2D eigenvalue weighted by Gasteiger charge is -2.22. The number of carbonyl (C=O) groups excluding carboxylic acids is 2. The lowest BCUT2D eigenvalue weighted by molar-refractivity contribution is -0.181. The van der Waals surface area contributed by atoms with Gasteiger partial charge in [0.2, 0.25) is 0 Å². The van der Waals surface area contributed by atoms with Crippen molar-refractivity contribution < 1.29 is 23.8 Å². The predicted octanol–water partition coefficient (Wildman–Crippen LogP) is 3.01. The molecular formula is C18H33NO5. The smallest absolute Gasteiger partial charge is 0.308 e. The number of allylic oxidation sites excluding steroid dienone is 1. The third kappa shape index (κ3) is 10.4. The minimum absolute atomic E-state index is 0.0611. The third-order valence-electron chi connectivity index (χ3n) is 3.14. The van der Waals surface area contributed by atoms with E-state index in [-0.39, 0.29) is 24.0 Å². The molecular weight excluding hydrogens is 310 g/mol. The van der Waals surface area contributed by atoms with Gasteiger partial charge in [-0.1, -0.05) is 27.7 Å². The van der Waals surface area contributed by atoms with Gasteiger partial charge < -0.3 is 19.9 Å². The lowest BCUT2D eigenvalue weighted by atomic mass is 9.94. The molecule has 0 aromatic heterocycles. The summed E-state index contributed by atoms with van der Waals surface area (Å²) in [7, 11) is 0. The van der Waals surface area contributed by atoms with E-state index in [9.17, 15) is 9.59 Å². The Bertz CT molecular complexity index is 418. The number of carbonyl (C=O) groups is 2. The summed E-state index contributed by atoms with van der Waals surface area (Å²) < 4.78 is 16.0. The zero-order chi connectivity index (χ0) is 18.7. The van der Waals surface area contributed by atoms with Crippen LogP contribution in [0.4, 0.5) is 0 Å². The van der Waals surface area contributed by atoms with Gasteiger partial charge in [-0.25, -0.2) is 0 Å². The van der Waals surface area contributed by atoms with Crippen molar-refractivity contribution in [3.63, 3.8) is 0 Å². The minimum atomic E-state index is -1.02. The molecule has 0 saturated carbocycles. The summed E-state index contributed by atoms with van der Waals surface area (Å²) in [4.78, 5) is 23.5. The van der Waals surface area contributed by atoms with E-state index in [1.807, 2.05) is 13.8 Å². The fourth-order valence-electron chi connectivity index (χ4n) is 2.31. The molecule has 2 N–H and O–H groups in total. The number of rotatable bonds is 11. The molecule has 6 nitrogen and oxygen atoms in total. The highest BCUT2D eigenvalue weighted by molar-refractivity contribution is 5.70. The molecule has 0 spiro atoms. The molecule has 2 unspecified atom stereocenters. The molecule has 0 aromatic rings. The predicted molar refractivity (Wildman–Crippen MR) is 92.8 cm³/mol. The highest BCUT2D eigenvalue weighted by Crippen LogP contribution is 2.19. The third-order valence-corrected chi connectivity index (χ3v) is 3.14. The molecule has 24 heavy (non-hydrogen) atoms. The van der Waals surface area contributed by atoms with Crippen molar-refractivity contribution >= 4 is 11.9 Å². The summed E-state index contributed by atoms with van der Waals surface area (Å²) in [6.45, 7) is 11.9. The van der Waals surface area contributed by atoms with Crippen LogP contribution >= 0.6 is 0 Å². The second-order valence-electron chi connectivity index (χ2n) is 6.62. The maximum atomic E-state index is 12.2. The Hall–Kier alpha value is -1.40. The van der Waals surface area contributed by atoms with E-state index in [0.717, 1.165) is 6.42 Å². The largest absolute Gasteiger partial charge is 0.428 e. The molecule has 0 aromatic carbocycles. The average Bonchev–Trinajstić information content (AvgIpc) is 2.43. The van der Waals surface area contributed by atoms with Crippen molar-refractivity contribution in [1.82, 2.24) is 0 Å². The highest BCUT2D eigenvalue weighted by atomic mass is 16.7. The second-order valence-corrected chi connectivity index (χ2v) is 6.62. The van der Waals surface area contributed by atoms with Crippen molar-refractivity contribution in [1.29, 1.82) is 0 Å². The zero-order valence-corrected chi connectivity index (χ0v) is 15.8. The van der Waals surface area contributed by atoms with Crippen LogP contribution in [0.1, 0.15) is 54.4 Å². The van der Waals surface area contributed by atoms with Gasteiger partial charge in [0, 0.05) is 20.0 Å². The van der Waals surface area contributed by atoms with Gasteiger partial charge in [0.1, 0.15) is 0 Å². The summed E-state index contributed by atoms with van der Waals surface area (Å²) >= 11 is 0. The quantitative estimate of drug-likeness (QED) is 0.352. The maximum Gasteiger partial charge on any atom is 0.308 e. The molecule has 0 radical (unpaired) electrons. The highest BCUT2D eigenvalue weighted by Gasteiger charge is 2.24. The van der Waals surface area contributed by atoms with Crippen LogP contribution < -0.4 is 5.73 Å². The molecule has 0 fully saturated rings. The van der Waals surface area contributed by atoms with Crippen molar-refractivity contribution in [2.24, 2.45) is 23.5 Å². The summed E-state index contributed by atoms with van der Waals surface area (Å²) in [5, 5.41) is 0. The summed E-state index contributed by atoms with van der Waals surface area (Å²) in [6, 6.07) is 0. The van der Waals surface area contributed by atoms with Gasteiger partial charge in [0.05, 0.1) is 0 Å². The van der Waals surface area contributed by atoms with Crippen LogP contribution in [0.5, 0.6) is 0 Å². The van der Waals surface area contributed by atoms with E-state index in [1.165, 1.54) is 6.92 Å². The van der Waals surface area contributed by atoms with Gasteiger partial charge in [-0.2, -0.15) is 0 Å². The topological polar surface area (TPSA) is 87.8 Å². The first kappa shape index (κ1) is 22.6. The Morgan fingerprint density at radius 3 is 2.21 bits per heavy atom. The number of hydrogen-bond acceptors (Lipinski definition) is 6. The van der Waals surface area contributed by atoms with E-state index < -0.39 is 18.2 Å². The Morgan fingerprint density at radius 2 is 1.79 bits per heavy atom. The molecule has 0 rings (SSSR count). The molecule has 6 heteroatoms. The minimum Gasteiger partial charge on any atom is -0.428 e. The Morgan fingerprint density at radius 1 is 1.17 bits per heavy atom. The average molecular weight is 343 g/mol. The molecule has 2 atom stereocenters. The van der Waals surface area contributed by atoms with Crippen LogP contribution in [-0.2, 0) is 23.8 Å². The first-order valence-corrected chi connectivity index (χ1v) is 8.60. The maximum absolute atomic E-state index is 12.2. The van der Waals surface area contributed by atoms with Gasteiger partial charge in [-0.05, 0) is 43.7 Å². The Labute approximate surface area is 145 Å². The first-order chi connectivity index (χ1) is 11.2. The summed E-state index contributed by atoms with van der Waals surface area (Å²) in [5.74, 6) is -0.0641. The number of hydrogen-bond donors (Lipinski definition) is 1. The van der Waals surface area contributed by atoms with E-state index >= 15 is 0 Å². The van der Waals surface area contributed by atoms with Gasteiger partial charge in [0.15, 0.2) is 5.76 Å². The molecule has 0 saturated heterocycles. The molecule has 0 aliphatic carbocycles. The summed E-state index contributed by atoms with van der Waals surface area (Å²) in [5.41, 5.74) is 5.73. The van der Waals surface area contributed by atoms with E-state index in [1.54, 1.807) is 13.0 Å². The SMILES string of the molecule is CCOC(OC(=O)CC(CN)CC(C)C)C(=CC(C)C)OC(C)=O. The fraction of sp³-hybridized carbons (Fsp3) is 0.778. The lowest BCUT2D eigenvalue weighted by Crippen LogP contribution is -2.29. The molecule has 140 valence electrons. The second kappa shape index (κ2) is 12.0. The van der Waals surface area contributed by atoms with E-state index in [4.69, 9.17) is 19.9 Å².